The molecule has 4 aromatic carbocycles. The lowest BCUT2D eigenvalue weighted by molar-refractivity contribution is -0.253. The minimum Gasteiger partial charge on any atom is -0.392 e. The number of fused-ring (bicyclic) bond motifs is 1. The SMILES string of the molecule is CC(C(O)c1ccccc1)N(C)CC1CC(c2ccc(CO)cc2)OC(c2ccc(CNC(=O)c3cnc4ccccc4n3)cc2)O1. The Morgan fingerprint density at radius 3 is 2.28 bits per heavy atom. The number of hydrogen-bond donors (Lipinski definition) is 3. The van der Waals surface area contributed by atoms with Crippen molar-refractivity contribution in [3.8, 4) is 0 Å². The van der Waals surface area contributed by atoms with Gasteiger partial charge in [0.2, 0.25) is 0 Å². The number of aliphatic hydroxyl groups excluding tert-OH is 2. The fourth-order valence-electron chi connectivity index (χ4n) is 5.82. The van der Waals surface area contributed by atoms with Crippen LogP contribution in [0.15, 0.2) is 109 Å². The summed E-state index contributed by atoms with van der Waals surface area (Å²) in [5, 5.41) is 23.5. The monoisotopic (exact) mass is 632 g/mol. The molecule has 1 fully saturated rings. The van der Waals surface area contributed by atoms with E-state index in [1.807, 2.05) is 117 Å². The summed E-state index contributed by atoms with van der Waals surface area (Å²) in [7, 11) is 2.00. The summed E-state index contributed by atoms with van der Waals surface area (Å²) in [5.74, 6) is -0.292. The Balaban J connectivity index is 1.13. The molecule has 0 radical (unpaired) electrons. The molecule has 1 aliphatic heterocycles. The Labute approximate surface area is 274 Å². The number of amides is 1. The van der Waals surface area contributed by atoms with Gasteiger partial charge in [0.15, 0.2) is 6.29 Å². The van der Waals surface area contributed by atoms with E-state index in [9.17, 15) is 15.0 Å². The van der Waals surface area contributed by atoms with Crippen molar-refractivity contribution in [2.45, 2.75) is 57.1 Å². The highest BCUT2D eigenvalue weighted by Crippen LogP contribution is 2.38. The lowest BCUT2D eigenvalue weighted by atomic mass is 9.98. The van der Waals surface area contributed by atoms with Gasteiger partial charge >= 0.3 is 0 Å². The molecule has 5 unspecified atom stereocenters. The summed E-state index contributed by atoms with van der Waals surface area (Å²) in [6.45, 7) is 2.92. The van der Waals surface area contributed by atoms with Crippen molar-refractivity contribution < 1.29 is 24.5 Å². The normalized spacial score (nSPS) is 19.4. The van der Waals surface area contributed by atoms with Crippen molar-refractivity contribution >= 4 is 16.9 Å². The molecule has 1 saturated heterocycles. The van der Waals surface area contributed by atoms with E-state index in [-0.39, 0.29) is 36.5 Å². The predicted octanol–water partition coefficient (Wildman–Crippen LogP) is 5.65. The number of aromatic nitrogens is 2. The molecular formula is C38H40N4O5. The Morgan fingerprint density at radius 1 is 0.894 bits per heavy atom. The van der Waals surface area contributed by atoms with Gasteiger partial charge in [0, 0.05) is 31.1 Å². The first-order valence-corrected chi connectivity index (χ1v) is 15.9. The molecule has 1 aliphatic rings. The first-order chi connectivity index (χ1) is 22.9. The highest BCUT2D eigenvalue weighted by Gasteiger charge is 2.34. The average molecular weight is 633 g/mol. The Hall–Kier alpha value is -4.51. The number of carbonyl (C=O) groups is 1. The number of carbonyl (C=O) groups excluding carboxylic acids is 1. The van der Waals surface area contributed by atoms with Crippen LogP contribution in [0.25, 0.3) is 11.0 Å². The molecule has 9 nitrogen and oxygen atoms in total. The fourth-order valence-corrected chi connectivity index (χ4v) is 5.82. The molecular weight excluding hydrogens is 592 g/mol. The van der Waals surface area contributed by atoms with Crippen LogP contribution in [0.4, 0.5) is 0 Å². The van der Waals surface area contributed by atoms with E-state index in [4.69, 9.17) is 9.47 Å². The van der Waals surface area contributed by atoms with Crippen LogP contribution in [0.3, 0.4) is 0 Å². The third kappa shape index (κ3) is 7.90. The molecule has 47 heavy (non-hydrogen) atoms. The maximum absolute atomic E-state index is 12.8. The molecule has 6 rings (SSSR count). The van der Waals surface area contributed by atoms with Crippen molar-refractivity contribution in [2.75, 3.05) is 13.6 Å². The summed E-state index contributed by atoms with van der Waals surface area (Å²) in [6.07, 6.45) is 0.471. The summed E-state index contributed by atoms with van der Waals surface area (Å²) >= 11 is 0. The van der Waals surface area contributed by atoms with Crippen LogP contribution in [0.2, 0.25) is 0 Å². The average Bonchev–Trinajstić information content (AvgIpc) is 3.13. The molecule has 3 N–H and O–H groups in total. The van der Waals surface area contributed by atoms with Gasteiger partial charge < -0.3 is 25.0 Å². The number of rotatable bonds is 11. The van der Waals surface area contributed by atoms with Crippen molar-refractivity contribution in [1.82, 2.24) is 20.2 Å². The molecule has 0 saturated carbocycles. The standard InChI is InChI=1S/C38H40N4O5/c1-25(36(44)29-8-4-3-5-9-29)42(2)23-31-20-35(28-16-14-27(24-43)15-17-28)47-38(46-31)30-18-12-26(13-19-30)21-40-37(45)34-22-39-32-10-6-7-11-33(32)41-34/h3-19,22,25,31,35-36,38,43-44H,20-21,23-24H2,1-2H3,(H,40,45). The van der Waals surface area contributed by atoms with E-state index < -0.39 is 12.4 Å². The van der Waals surface area contributed by atoms with E-state index >= 15 is 0 Å². The van der Waals surface area contributed by atoms with E-state index in [1.165, 1.54) is 6.20 Å². The number of ether oxygens (including phenoxy) is 2. The van der Waals surface area contributed by atoms with Gasteiger partial charge in [-0.05, 0) is 48.4 Å². The van der Waals surface area contributed by atoms with Crippen molar-refractivity contribution in [3.63, 3.8) is 0 Å². The molecule has 1 aromatic heterocycles. The minimum atomic E-state index is -0.639. The van der Waals surface area contributed by atoms with E-state index in [0.717, 1.165) is 33.3 Å². The number of hydrogen-bond acceptors (Lipinski definition) is 8. The van der Waals surface area contributed by atoms with Crippen molar-refractivity contribution in [1.29, 1.82) is 0 Å². The zero-order chi connectivity index (χ0) is 32.8. The van der Waals surface area contributed by atoms with Gasteiger partial charge in [0.1, 0.15) is 5.69 Å². The molecule has 0 bridgehead atoms. The second-order valence-corrected chi connectivity index (χ2v) is 12.1. The summed E-state index contributed by atoms with van der Waals surface area (Å²) in [4.78, 5) is 23.7. The van der Waals surface area contributed by atoms with Gasteiger partial charge in [-0.2, -0.15) is 0 Å². The van der Waals surface area contributed by atoms with E-state index in [0.29, 0.717) is 25.0 Å². The third-order valence-corrected chi connectivity index (χ3v) is 8.79. The molecule has 0 aliphatic carbocycles. The Bertz CT molecular complexity index is 1770. The second kappa shape index (κ2) is 14.9. The highest BCUT2D eigenvalue weighted by molar-refractivity contribution is 5.93. The quantitative estimate of drug-likeness (QED) is 0.171. The molecule has 0 spiro atoms. The predicted molar refractivity (Wildman–Crippen MR) is 179 cm³/mol. The minimum absolute atomic E-state index is 0.0188. The molecule has 2 heterocycles. The van der Waals surface area contributed by atoms with Gasteiger partial charge in [-0.1, -0.05) is 91.0 Å². The van der Waals surface area contributed by atoms with Gasteiger partial charge in [-0.15, -0.1) is 0 Å². The zero-order valence-electron chi connectivity index (χ0n) is 26.6. The second-order valence-electron chi connectivity index (χ2n) is 12.1. The van der Waals surface area contributed by atoms with Crippen LogP contribution in [0.5, 0.6) is 0 Å². The molecule has 1 amide bonds. The van der Waals surface area contributed by atoms with Crippen LogP contribution in [-0.4, -0.2) is 56.7 Å². The number of nitrogens with one attached hydrogen (secondary N) is 1. The maximum atomic E-state index is 12.8. The van der Waals surface area contributed by atoms with Gasteiger partial charge in [0.25, 0.3) is 5.91 Å². The summed E-state index contributed by atoms with van der Waals surface area (Å²) in [5.41, 5.74) is 6.19. The first-order valence-electron chi connectivity index (χ1n) is 15.9. The van der Waals surface area contributed by atoms with Gasteiger partial charge in [0.05, 0.1) is 42.1 Å². The van der Waals surface area contributed by atoms with Crippen LogP contribution < -0.4 is 5.32 Å². The fraction of sp³-hybridized carbons (Fsp3) is 0.289. The smallest absolute Gasteiger partial charge is 0.271 e. The van der Waals surface area contributed by atoms with Crippen LogP contribution in [-0.2, 0) is 22.6 Å². The van der Waals surface area contributed by atoms with Gasteiger partial charge in [-0.3, -0.25) is 14.7 Å². The highest BCUT2D eigenvalue weighted by atomic mass is 16.7. The van der Waals surface area contributed by atoms with Crippen LogP contribution in [0, 0.1) is 0 Å². The number of likely N-dealkylation sites (N-methyl/N-ethyl adjacent to an activating group) is 1. The van der Waals surface area contributed by atoms with Gasteiger partial charge in [-0.25, -0.2) is 4.98 Å². The largest absolute Gasteiger partial charge is 0.392 e. The van der Waals surface area contributed by atoms with Crippen molar-refractivity contribution in [2.24, 2.45) is 0 Å². The molecule has 5 aromatic rings. The third-order valence-electron chi connectivity index (χ3n) is 8.79. The first kappa shape index (κ1) is 32.4. The maximum Gasteiger partial charge on any atom is 0.271 e. The van der Waals surface area contributed by atoms with Crippen molar-refractivity contribution in [3.05, 3.63) is 143 Å². The molecule has 5 atom stereocenters. The van der Waals surface area contributed by atoms with E-state index in [1.54, 1.807) is 0 Å². The molecule has 242 valence electrons. The molecule has 9 heteroatoms. The number of aliphatic hydroxyl groups is 2. The summed E-state index contributed by atoms with van der Waals surface area (Å²) in [6, 6.07) is 32.6. The lowest BCUT2D eigenvalue weighted by Crippen LogP contribution is -2.43. The Kier molecular flexibility index (Phi) is 10.3. The lowest BCUT2D eigenvalue weighted by Gasteiger charge is -2.39. The Morgan fingerprint density at radius 2 is 1.55 bits per heavy atom. The summed E-state index contributed by atoms with van der Waals surface area (Å²) < 4.78 is 13.1. The topological polar surface area (TPSA) is 117 Å². The zero-order valence-corrected chi connectivity index (χ0v) is 26.6. The van der Waals surface area contributed by atoms with Crippen LogP contribution >= 0.6 is 0 Å². The number of nitrogens with zero attached hydrogens (tertiary/aromatic N) is 3. The number of para-hydroxylation sites is 2. The van der Waals surface area contributed by atoms with Crippen LogP contribution in [0.1, 0.15) is 70.1 Å². The number of benzene rings is 4. The van der Waals surface area contributed by atoms with E-state index in [2.05, 4.69) is 20.2 Å².